The van der Waals surface area contributed by atoms with Crippen LogP contribution >= 0.6 is 0 Å². The van der Waals surface area contributed by atoms with Crippen LogP contribution in [-0.4, -0.2) is 48.8 Å². The SMILES string of the molecule is CNC1CCC(C)CC1CN1CCCC1CCCO. The number of likely N-dealkylation sites (tertiary alicyclic amines) is 1. The molecule has 1 saturated carbocycles. The quantitative estimate of drug-likeness (QED) is 0.775. The summed E-state index contributed by atoms with van der Waals surface area (Å²) in [5.41, 5.74) is 0. The normalized spacial score (nSPS) is 36.8. The molecule has 0 amide bonds. The Hall–Kier alpha value is -0.120. The lowest BCUT2D eigenvalue weighted by molar-refractivity contribution is 0.133. The van der Waals surface area contributed by atoms with Crippen LogP contribution in [0.5, 0.6) is 0 Å². The summed E-state index contributed by atoms with van der Waals surface area (Å²) < 4.78 is 0. The average Bonchev–Trinajstić information content (AvgIpc) is 2.84. The van der Waals surface area contributed by atoms with Gasteiger partial charge in [-0.15, -0.1) is 0 Å². The van der Waals surface area contributed by atoms with E-state index in [2.05, 4.69) is 24.2 Å². The van der Waals surface area contributed by atoms with Gasteiger partial charge in [-0.2, -0.15) is 0 Å². The van der Waals surface area contributed by atoms with E-state index < -0.39 is 0 Å². The van der Waals surface area contributed by atoms with Crippen LogP contribution in [0, 0.1) is 11.8 Å². The lowest BCUT2D eigenvalue weighted by Crippen LogP contribution is -2.45. The molecule has 1 aliphatic heterocycles. The van der Waals surface area contributed by atoms with Crippen molar-refractivity contribution in [2.45, 2.75) is 64.0 Å². The summed E-state index contributed by atoms with van der Waals surface area (Å²) in [7, 11) is 2.13. The standard InChI is InChI=1S/C16H32N2O/c1-13-7-8-16(17-2)14(11-13)12-18-9-3-5-15(18)6-4-10-19/h13-17,19H,3-12H2,1-2H3. The van der Waals surface area contributed by atoms with E-state index >= 15 is 0 Å². The van der Waals surface area contributed by atoms with E-state index in [1.54, 1.807) is 0 Å². The van der Waals surface area contributed by atoms with E-state index in [0.717, 1.165) is 30.3 Å². The smallest absolute Gasteiger partial charge is 0.0431 e. The maximum Gasteiger partial charge on any atom is 0.0431 e. The molecule has 1 saturated heterocycles. The van der Waals surface area contributed by atoms with Crippen LogP contribution in [0.2, 0.25) is 0 Å². The lowest BCUT2D eigenvalue weighted by atomic mass is 9.78. The number of hydrogen-bond donors (Lipinski definition) is 2. The molecule has 3 nitrogen and oxygen atoms in total. The Kier molecular flexibility index (Phi) is 6.11. The highest BCUT2D eigenvalue weighted by Gasteiger charge is 2.32. The average molecular weight is 268 g/mol. The van der Waals surface area contributed by atoms with Crippen LogP contribution in [-0.2, 0) is 0 Å². The molecule has 0 radical (unpaired) electrons. The number of nitrogens with one attached hydrogen (secondary N) is 1. The van der Waals surface area contributed by atoms with E-state index in [9.17, 15) is 0 Å². The zero-order valence-electron chi connectivity index (χ0n) is 12.8. The molecule has 19 heavy (non-hydrogen) atoms. The molecule has 2 fully saturated rings. The molecule has 1 aliphatic carbocycles. The monoisotopic (exact) mass is 268 g/mol. The fourth-order valence-corrected chi connectivity index (χ4v) is 4.17. The highest BCUT2D eigenvalue weighted by Crippen LogP contribution is 2.32. The molecule has 0 spiro atoms. The highest BCUT2D eigenvalue weighted by molar-refractivity contribution is 4.88. The van der Waals surface area contributed by atoms with Gasteiger partial charge in [-0.1, -0.05) is 6.92 Å². The number of hydrogen-bond acceptors (Lipinski definition) is 3. The Labute approximate surface area is 118 Å². The molecular formula is C16H32N2O. The lowest BCUT2D eigenvalue weighted by Gasteiger charge is -2.38. The second-order valence-electron chi connectivity index (χ2n) is 6.73. The third kappa shape index (κ3) is 4.17. The third-order valence-corrected chi connectivity index (χ3v) is 5.28. The minimum absolute atomic E-state index is 0.351. The van der Waals surface area contributed by atoms with Crippen LogP contribution in [0.3, 0.4) is 0 Å². The fourth-order valence-electron chi connectivity index (χ4n) is 4.17. The molecule has 3 heteroatoms. The summed E-state index contributed by atoms with van der Waals surface area (Å²) in [6.45, 7) is 5.30. The Morgan fingerprint density at radius 2 is 2.11 bits per heavy atom. The van der Waals surface area contributed by atoms with Gasteiger partial charge in [0.2, 0.25) is 0 Å². The number of aliphatic hydroxyl groups excluding tert-OH is 1. The van der Waals surface area contributed by atoms with Crippen LogP contribution in [0.25, 0.3) is 0 Å². The van der Waals surface area contributed by atoms with Crippen molar-refractivity contribution in [2.24, 2.45) is 11.8 Å². The number of nitrogens with zero attached hydrogens (tertiary/aromatic N) is 1. The summed E-state index contributed by atoms with van der Waals surface area (Å²) >= 11 is 0. The molecule has 2 N–H and O–H groups in total. The second kappa shape index (κ2) is 7.61. The van der Waals surface area contributed by atoms with Gasteiger partial charge in [0.1, 0.15) is 0 Å². The number of rotatable bonds is 6. The van der Waals surface area contributed by atoms with Crippen LogP contribution in [0.4, 0.5) is 0 Å². The maximum absolute atomic E-state index is 9.02. The van der Waals surface area contributed by atoms with Crippen LogP contribution < -0.4 is 5.32 Å². The zero-order valence-corrected chi connectivity index (χ0v) is 12.8. The molecule has 1 heterocycles. The first kappa shape index (κ1) is 15.3. The van der Waals surface area contributed by atoms with Crippen LogP contribution in [0.1, 0.15) is 51.9 Å². The Balaban J connectivity index is 1.86. The van der Waals surface area contributed by atoms with Gasteiger partial charge in [0.05, 0.1) is 0 Å². The predicted molar refractivity (Wildman–Crippen MR) is 80.3 cm³/mol. The molecule has 0 aromatic carbocycles. The van der Waals surface area contributed by atoms with Crippen molar-refractivity contribution in [1.29, 1.82) is 0 Å². The highest BCUT2D eigenvalue weighted by atomic mass is 16.2. The summed E-state index contributed by atoms with van der Waals surface area (Å²) in [5.74, 6) is 1.72. The van der Waals surface area contributed by atoms with Gasteiger partial charge in [0, 0.05) is 25.2 Å². The van der Waals surface area contributed by atoms with Crippen molar-refractivity contribution >= 4 is 0 Å². The first-order valence-electron chi connectivity index (χ1n) is 8.26. The second-order valence-corrected chi connectivity index (χ2v) is 6.73. The van der Waals surface area contributed by atoms with Gasteiger partial charge < -0.3 is 15.3 Å². The van der Waals surface area contributed by atoms with E-state index in [4.69, 9.17) is 5.11 Å². The van der Waals surface area contributed by atoms with Gasteiger partial charge in [-0.25, -0.2) is 0 Å². The van der Waals surface area contributed by atoms with Crippen molar-refractivity contribution < 1.29 is 5.11 Å². The van der Waals surface area contributed by atoms with E-state index in [1.807, 2.05) is 0 Å². The van der Waals surface area contributed by atoms with Crippen molar-refractivity contribution in [3.63, 3.8) is 0 Å². The zero-order chi connectivity index (χ0) is 13.7. The summed E-state index contributed by atoms with van der Waals surface area (Å²) in [6.07, 6.45) is 8.96. The first-order valence-corrected chi connectivity index (χ1v) is 8.26. The topological polar surface area (TPSA) is 35.5 Å². The first-order chi connectivity index (χ1) is 9.24. The van der Waals surface area contributed by atoms with Gasteiger partial charge >= 0.3 is 0 Å². The van der Waals surface area contributed by atoms with Gasteiger partial charge in [-0.3, -0.25) is 0 Å². The Bertz CT molecular complexity index is 259. The van der Waals surface area contributed by atoms with Crippen LogP contribution in [0.15, 0.2) is 0 Å². The molecule has 0 bridgehead atoms. The molecular weight excluding hydrogens is 236 g/mol. The van der Waals surface area contributed by atoms with Crippen molar-refractivity contribution in [2.75, 3.05) is 26.7 Å². The largest absolute Gasteiger partial charge is 0.396 e. The summed E-state index contributed by atoms with van der Waals surface area (Å²) in [6, 6.07) is 1.46. The van der Waals surface area contributed by atoms with E-state index in [0.29, 0.717) is 6.61 Å². The molecule has 0 aromatic heterocycles. The molecule has 2 aliphatic rings. The van der Waals surface area contributed by atoms with Crippen molar-refractivity contribution in [3.8, 4) is 0 Å². The summed E-state index contributed by atoms with van der Waals surface area (Å²) in [4.78, 5) is 2.71. The molecule has 4 unspecified atom stereocenters. The maximum atomic E-state index is 9.02. The third-order valence-electron chi connectivity index (χ3n) is 5.28. The summed E-state index contributed by atoms with van der Waals surface area (Å²) in [5, 5.41) is 12.6. The molecule has 4 atom stereocenters. The fraction of sp³-hybridized carbons (Fsp3) is 1.00. The van der Waals surface area contributed by atoms with Gasteiger partial charge in [-0.05, 0) is 70.4 Å². The van der Waals surface area contributed by atoms with Crippen molar-refractivity contribution in [1.82, 2.24) is 10.2 Å². The van der Waals surface area contributed by atoms with Gasteiger partial charge in [0.15, 0.2) is 0 Å². The number of aliphatic hydroxyl groups is 1. The predicted octanol–water partition coefficient (Wildman–Crippen LogP) is 2.25. The van der Waals surface area contributed by atoms with E-state index in [-0.39, 0.29) is 0 Å². The Morgan fingerprint density at radius 1 is 1.26 bits per heavy atom. The van der Waals surface area contributed by atoms with Crippen molar-refractivity contribution in [3.05, 3.63) is 0 Å². The molecule has 112 valence electrons. The minimum atomic E-state index is 0.351. The Morgan fingerprint density at radius 3 is 2.84 bits per heavy atom. The minimum Gasteiger partial charge on any atom is -0.396 e. The van der Waals surface area contributed by atoms with E-state index in [1.165, 1.54) is 51.6 Å². The molecule has 0 aromatic rings. The molecule has 2 rings (SSSR count). The van der Waals surface area contributed by atoms with Gasteiger partial charge in [0.25, 0.3) is 0 Å².